The first-order valence-corrected chi connectivity index (χ1v) is 10.8. The van der Waals surface area contributed by atoms with E-state index in [-0.39, 0.29) is 6.10 Å². The van der Waals surface area contributed by atoms with Crippen LogP contribution in [-0.4, -0.2) is 43.2 Å². The van der Waals surface area contributed by atoms with Crippen molar-refractivity contribution in [2.24, 2.45) is 11.5 Å². The number of morpholine rings is 1. The summed E-state index contributed by atoms with van der Waals surface area (Å²) in [5.41, 5.74) is 13.5. The van der Waals surface area contributed by atoms with E-state index < -0.39 is 11.2 Å². The van der Waals surface area contributed by atoms with Crippen LogP contribution in [0.4, 0.5) is 11.5 Å². The van der Waals surface area contributed by atoms with Crippen LogP contribution < -0.4 is 16.4 Å². The van der Waals surface area contributed by atoms with Crippen molar-refractivity contribution in [1.82, 2.24) is 4.98 Å². The number of nitriles is 1. The molecule has 1 aliphatic rings. The molecular formula is C22H24N6O2S. The summed E-state index contributed by atoms with van der Waals surface area (Å²) < 4.78 is 5.65. The lowest BCUT2D eigenvalue weighted by atomic mass is 10.1. The summed E-state index contributed by atoms with van der Waals surface area (Å²) in [5, 5.41) is 9.57. The number of carbonyl (C=O) groups excluding carboxylic acids is 1. The van der Waals surface area contributed by atoms with Gasteiger partial charge in [-0.15, -0.1) is 0 Å². The Morgan fingerprint density at radius 2 is 2.23 bits per heavy atom. The second-order valence-electron chi connectivity index (χ2n) is 7.01. The van der Waals surface area contributed by atoms with Crippen molar-refractivity contribution in [2.75, 3.05) is 31.1 Å². The molecule has 0 radical (unpaired) electrons. The lowest BCUT2D eigenvalue weighted by molar-refractivity contribution is -0.117. The summed E-state index contributed by atoms with van der Waals surface area (Å²) in [4.78, 5) is 22.6. The lowest BCUT2D eigenvalue weighted by Crippen LogP contribution is -2.46. The molecule has 1 fully saturated rings. The van der Waals surface area contributed by atoms with Gasteiger partial charge in [-0.1, -0.05) is 49.0 Å². The summed E-state index contributed by atoms with van der Waals surface area (Å²) in [5.74, 6) is -0.0308. The van der Waals surface area contributed by atoms with Gasteiger partial charge in [-0.2, -0.15) is 5.26 Å². The monoisotopic (exact) mass is 436 g/mol. The van der Waals surface area contributed by atoms with Gasteiger partial charge in [0.1, 0.15) is 22.2 Å². The predicted octanol–water partition coefficient (Wildman–Crippen LogP) is 2.55. The van der Waals surface area contributed by atoms with Crippen LogP contribution in [0.1, 0.15) is 28.9 Å². The summed E-state index contributed by atoms with van der Waals surface area (Å²) in [6.45, 7) is 11.5. The van der Waals surface area contributed by atoms with Gasteiger partial charge in [0.2, 0.25) is 11.6 Å². The summed E-state index contributed by atoms with van der Waals surface area (Å²) in [7, 11) is 0. The van der Waals surface area contributed by atoms with Crippen molar-refractivity contribution < 1.29 is 9.53 Å². The van der Waals surface area contributed by atoms with E-state index in [1.54, 1.807) is 0 Å². The normalized spacial score (nSPS) is 16.9. The molecule has 1 aromatic carbocycles. The molecule has 0 spiro atoms. The Morgan fingerprint density at radius 3 is 2.81 bits per heavy atom. The molecule has 1 saturated heterocycles. The number of carbonyl (C=O) groups is 1. The highest BCUT2D eigenvalue weighted by molar-refractivity contribution is 8.00. The second-order valence-corrected chi connectivity index (χ2v) is 8.10. The Labute approximate surface area is 186 Å². The van der Waals surface area contributed by atoms with E-state index in [9.17, 15) is 10.1 Å². The Morgan fingerprint density at radius 1 is 1.48 bits per heavy atom. The molecular weight excluding hydrogens is 412 g/mol. The number of thioether (sulfide) groups is 1. The Bertz CT molecular complexity index is 1030. The van der Waals surface area contributed by atoms with E-state index >= 15 is 0 Å². The number of hydrogen-bond acceptors (Lipinski definition) is 7. The number of anilines is 1. The van der Waals surface area contributed by atoms with Crippen LogP contribution in [-0.2, 0) is 16.0 Å². The van der Waals surface area contributed by atoms with Crippen molar-refractivity contribution in [1.29, 1.82) is 5.26 Å². The number of nitrogens with zero attached hydrogens (tertiary/aromatic N) is 4. The van der Waals surface area contributed by atoms with Crippen molar-refractivity contribution in [2.45, 2.75) is 29.7 Å². The molecule has 1 unspecified atom stereocenters. The standard InChI is InChI=1S/C22H24N6O2S/c1-3-16-17(12-24)22(31-19(20(25)29)14-7-5-4-6-8-14)27-21(18(16)26-2)28-9-10-30-15(11-23)13-28/h4-8,15,19H,3,9-11,13,23H2,1H3,(H2,25,29)/t15-,19?/m1/s1. The Kier molecular flexibility index (Phi) is 7.48. The van der Waals surface area contributed by atoms with Gasteiger partial charge >= 0.3 is 0 Å². The van der Waals surface area contributed by atoms with Gasteiger partial charge in [-0.3, -0.25) is 4.79 Å². The number of primary amides is 1. The van der Waals surface area contributed by atoms with E-state index in [4.69, 9.17) is 27.8 Å². The third kappa shape index (κ3) is 4.80. The van der Waals surface area contributed by atoms with E-state index in [0.717, 1.165) is 17.3 Å². The zero-order valence-electron chi connectivity index (χ0n) is 17.2. The fourth-order valence-corrected chi connectivity index (χ4v) is 4.61. The van der Waals surface area contributed by atoms with Gasteiger partial charge in [0, 0.05) is 19.6 Å². The van der Waals surface area contributed by atoms with Crippen molar-refractivity contribution in [3.63, 3.8) is 0 Å². The number of hydrogen-bond donors (Lipinski definition) is 2. The molecule has 4 N–H and O–H groups in total. The van der Waals surface area contributed by atoms with Crippen molar-refractivity contribution >= 4 is 29.2 Å². The van der Waals surface area contributed by atoms with Gasteiger partial charge < -0.3 is 21.1 Å². The van der Waals surface area contributed by atoms with Crippen molar-refractivity contribution in [3.8, 4) is 6.07 Å². The average molecular weight is 437 g/mol. The van der Waals surface area contributed by atoms with Gasteiger partial charge in [0.15, 0.2) is 0 Å². The summed E-state index contributed by atoms with van der Waals surface area (Å²) in [6.07, 6.45) is 0.328. The minimum Gasteiger partial charge on any atom is -0.373 e. The second kappa shape index (κ2) is 10.3. The molecule has 9 heteroatoms. The molecule has 0 saturated carbocycles. The van der Waals surface area contributed by atoms with Crippen LogP contribution in [0.15, 0.2) is 35.4 Å². The highest BCUT2D eigenvalue weighted by Gasteiger charge is 2.29. The van der Waals surface area contributed by atoms with E-state index in [0.29, 0.717) is 60.3 Å². The molecule has 160 valence electrons. The molecule has 8 nitrogen and oxygen atoms in total. The van der Waals surface area contributed by atoms with Gasteiger partial charge in [0.25, 0.3) is 0 Å². The summed E-state index contributed by atoms with van der Waals surface area (Å²) in [6, 6.07) is 11.3. The fraction of sp³-hybridized carbons (Fsp3) is 0.364. The van der Waals surface area contributed by atoms with Crippen LogP contribution in [0.2, 0.25) is 0 Å². The number of amides is 1. The fourth-order valence-electron chi connectivity index (χ4n) is 3.55. The molecule has 1 aliphatic heterocycles. The number of nitrogens with two attached hydrogens (primary N) is 2. The Hall–Kier alpha value is -3.11. The quantitative estimate of drug-likeness (QED) is 0.505. The van der Waals surface area contributed by atoms with E-state index in [2.05, 4.69) is 10.9 Å². The molecule has 2 heterocycles. The molecule has 2 atom stereocenters. The molecule has 1 amide bonds. The summed E-state index contributed by atoms with van der Waals surface area (Å²) >= 11 is 1.14. The minimum absolute atomic E-state index is 0.159. The molecule has 3 rings (SSSR count). The van der Waals surface area contributed by atoms with Gasteiger partial charge in [0.05, 0.1) is 24.8 Å². The van der Waals surface area contributed by atoms with Crippen LogP contribution in [0.25, 0.3) is 4.85 Å². The zero-order chi connectivity index (χ0) is 22.4. The number of rotatable bonds is 7. The molecule has 0 aliphatic carbocycles. The highest BCUT2D eigenvalue weighted by atomic mass is 32.2. The topological polar surface area (TPSA) is 123 Å². The van der Waals surface area contributed by atoms with Gasteiger partial charge in [-0.05, 0) is 17.5 Å². The molecule has 1 aromatic heterocycles. The smallest absolute Gasteiger partial charge is 0.235 e. The number of pyridine rings is 1. The highest BCUT2D eigenvalue weighted by Crippen LogP contribution is 2.42. The van der Waals surface area contributed by atoms with E-state index in [1.807, 2.05) is 42.2 Å². The van der Waals surface area contributed by atoms with E-state index in [1.165, 1.54) is 0 Å². The first kappa shape index (κ1) is 22.6. The maximum absolute atomic E-state index is 12.3. The van der Waals surface area contributed by atoms with Crippen LogP contribution in [0, 0.1) is 17.9 Å². The maximum atomic E-state index is 12.3. The number of ether oxygens (including phenoxy) is 1. The molecule has 31 heavy (non-hydrogen) atoms. The van der Waals surface area contributed by atoms with Crippen LogP contribution in [0.5, 0.6) is 0 Å². The van der Waals surface area contributed by atoms with Gasteiger partial charge in [-0.25, -0.2) is 9.83 Å². The minimum atomic E-state index is -0.710. The number of aromatic nitrogens is 1. The average Bonchev–Trinajstić information content (AvgIpc) is 2.81. The van der Waals surface area contributed by atoms with Crippen LogP contribution in [0.3, 0.4) is 0 Å². The molecule has 2 aromatic rings. The van der Waals surface area contributed by atoms with Crippen molar-refractivity contribution in [3.05, 3.63) is 58.4 Å². The third-order valence-electron chi connectivity index (χ3n) is 5.09. The third-order valence-corrected chi connectivity index (χ3v) is 6.35. The lowest BCUT2D eigenvalue weighted by Gasteiger charge is -2.34. The molecule has 0 bridgehead atoms. The SMILES string of the molecule is [C-]#[N+]c1c(N2CCO[C@H](CN)C2)nc(SC(C(N)=O)c2ccccc2)c(C#N)c1CC. The van der Waals surface area contributed by atoms with Crippen LogP contribution >= 0.6 is 11.8 Å². The zero-order valence-corrected chi connectivity index (χ0v) is 18.1. The predicted molar refractivity (Wildman–Crippen MR) is 120 cm³/mol. The number of benzene rings is 1. The first-order valence-electron chi connectivity index (χ1n) is 9.95. The first-order chi connectivity index (χ1) is 15.0. The Balaban J connectivity index is 2.12. The largest absolute Gasteiger partial charge is 0.373 e. The maximum Gasteiger partial charge on any atom is 0.235 e.